The highest BCUT2D eigenvalue weighted by atomic mass is 15.0. The lowest BCUT2D eigenvalue weighted by atomic mass is 9.92. The molecule has 0 aliphatic carbocycles. The Morgan fingerprint density at radius 2 is 1.88 bits per heavy atom. The van der Waals surface area contributed by atoms with Crippen LogP contribution < -0.4 is 5.73 Å². The Kier molecular flexibility index (Phi) is 4.20. The minimum atomic E-state index is 0.210. The molecule has 1 aromatic rings. The molecule has 2 heteroatoms. The third-order valence-corrected chi connectivity index (χ3v) is 2.96. The summed E-state index contributed by atoms with van der Waals surface area (Å²) in [7, 11) is 0. The van der Waals surface area contributed by atoms with Gasteiger partial charge in [0, 0.05) is 23.3 Å². The van der Waals surface area contributed by atoms with Crippen molar-refractivity contribution in [2.45, 2.75) is 58.9 Å². The van der Waals surface area contributed by atoms with Gasteiger partial charge >= 0.3 is 0 Å². The first-order valence-electron chi connectivity index (χ1n) is 6.28. The third-order valence-electron chi connectivity index (χ3n) is 2.96. The van der Waals surface area contributed by atoms with Crippen LogP contribution in [0.15, 0.2) is 12.1 Å². The number of nitrogens with zero attached hydrogens (tertiary/aromatic N) is 1. The Morgan fingerprint density at radius 3 is 2.31 bits per heavy atom. The molecule has 16 heavy (non-hydrogen) atoms. The standard InChI is InChI=1S/C14H26N2/c1-11(2)12-7-8-13(14(3,4)5)16(12)10-6-9-15/h7-8,11H,6,9-10,15H2,1-5H3. The molecule has 1 heterocycles. The highest BCUT2D eigenvalue weighted by Gasteiger charge is 2.20. The van der Waals surface area contributed by atoms with Gasteiger partial charge in [-0.25, -0.2) is 0 Å². The Labute approximate surface area is 99.8 Å². The minimum Gasteiger partial charge on any atom is -0.348 e. The Morgan fingerprint density at radius 1 is 1.25 bits per heavy atom. The van der Waals surface area contributed by atoms with Crippen LogP contribution in [0.3, 0.4) is 0 Å². The summed E-state index contributed by atoms with van der Waals surface area (Å²) in [5, 5.41) is 0. The summed E-state index contributed by atoms with van der Waals surface area (Å²) in [6.07, 6.45) is 1.05. The van der Waals surface area contributed by atoms with Gasteiger partial charge < -0.3 is 10.3 Å². The predicted molar refractivity (Wildman–Crippen MR) is 70.9 cm³/mol. The molecule has 2 nitrogen and oxygen atoms in total. The summed E-state index contributed by atoms with van der Waals surface area (Å²) in [6, 6.07) is 4.54. The molecule has 0 saturated carbocycles. The maximum Gasteiger partial charge on any atom is 0.0237 e. The number of rotatable bonds is 4. The second-order valence-electron chi connectivity index (χ2n) is 5.84. The molecule has 0 aromatic carbocycles. The van der Waals surface area contributed by atoms with Crippen molar-refractivity contribution in [1.82, 2.24) is 4.57 Å². The summed E-state index contributed by atoms with van der Waals surface area (Å²) < 4.78 is 2.46. The number of hydrogen-bond donors (Lipinski definition) is 1. The molecular weight excluding hydrogens is 196 g/mol. The molecule has 92 valence electrons. The first-order chi connectivity index (χ1) is 7.38. The van der Waals surface area contributed by atoms with Crippen molar-refractivity contribution in [1.29, 1.82) is 0 Å². The van der Waals surface area contributed by atoms with Gasteiger partial charge in [0.25, 0.3) is 0 Å². The van der Waals surface area contributed by atoms with Gasteiger partial charge in [-0.15, -0.1) is 0 Å². The summed E-state index contributed by atoms with van der Waals surface area (Å²) in [4.78, 5) is 0. The van der Waals surface area contributed by atoms with E-state index in [1.807, 2.05) is 0 Å². The van der Waals surface area contributed by atoms with Crippen molar-refractivity contribution in [2.75, 3.05) is 6.54 Å². The van der Waals surface area contributed by atoms with Crippen molar-refractivity contribution >= 4 is 0 Å². The zero-order valence-electron chi connectivity index (χ0n) is 11.4. The van der Waals surface area contributed by atoms with Crippen molar-refractivity contribution in [2.24, 2.45) is 5.73 Å². The van der Waals surface area contributed by atoms with E-state index in [0.29, 0.717) is 5.92 Å². The molecule has 0 radical (unpaired) electrons. The van der Waals surface area contributed by atoms with Crippen LogP contribution in [0.5, 0.6) is 0 Å². The van der Waals surface area contributed by atoms with Crippen molar-refractivity contribution in [3.63, 3.8) is 0 Å². The van der Waals surface area contributed by atoms with E-state index in [-0.39, 0.29) is 5.41 Å². The van der Waals surface area contributed by atoms with Crippen LogP contribution in [0.1, 0.15) is 58.3 Å². The Hall–Kier alpha value is -0.760. The maximum atomic E-state index is 5.62. The largest absolute Gasteiger partial charge is 0.348 e. The van der Waals surface area contributed by atoms with E-state index in [2.05, 4.69) is 51.3 Å². The molecule has 0 atom stereocenters. The second kappa shape index (κ2) is 5.05. The molecule has 2 N–H and O–H groups in total. The molecule has 0 amide bonds. The van der Waals surface area contributed by atoms with Gasteiger partial charge in [-0.05, 0) is 31.0 Å². The van der Waals surface area contributed by atoms with E-state index in [9.17, 15) is 0 Å². The summed E-state index contributed by atoms with van der Waals surface area (Å²) in [5.41, 5.74) is 8.68. The van der Waals surface area contributed by atoms with E-state index in [1.165, 1.54) is 11.4 Å². The highest BCUT2D eigenvalue weighted by Crippen LogP contribution is 2.28. The van der Waals surface area contributed by atoms with Gasteiger partial charge in [0.05, 0.1) is 0 Å². The Bertz CT molecular complexity index is 329. The van der Waals surface area contributed by atoms with Crippen molar-refractivity contribution in [3.05, 3.63) is 23.5 Å². The lowest BCUT2D eigenvalue weighted by Crippen LogP contribution is -2.20. The quantitative estimate of drug-likeness (QED) is 0.833. The third kappa shape index (κ3) is 2.88. The molecule has 1 aromatic heterocycles. The molecule has 0 unspecified atom stereocenters. The van der Waals surface area contributed by atoms with Crippen LogP contribution >= 0.6 is 0 Å². The lowest BCUT2D eigenvalue weighted by Gasteiger charge is -2.24. The van der Waals surface area contributed by atoms with Crippen LogP contribution in [0.2, 0.25) is 0 Å². The second-order valence-corrected chi connectivity index (χ2v) is 5.84. The first kappa shape index (κ1) is 13.3. The number of aromatic nitrogens is 1. The maximum absolute atomic E-state index is 5.62. The minimum absolute atomic E-state index is 0.210. The monoisotopic (exact) mass is 222 g/mol. The molecule has 0 aliphatic rings. The average Bonchev–Trinajstić information content (AvgIpc) is 2.57. The van der Waals surface area contributed by atoms with Crippen LogP contribution in [0, 0.1) is 0 Å². The van der Waals surface area contributed by atoms with Crippen LogP contribution in [0.25, 0.3) is 0 Å². The molecule has 0 saturated heterocycles. The zero-order chi connectivity index (χ0) is 12.3. The van der Waals surface area contributed by atoms with Crippen molar-refractivity contribution in [3.8, 4) is 0 Å². The van der Waals surface area contributed by atoms with E-state index in [1.54, 1.807) is 0 Å². The fourth-order valence-electron chi connectivity index (χ4n) is 2.14. The number of hydrogen-bond acceptors (Lipinski definition) is 1. The molecule has 0 spiro atoms. The van der Waals surface area contributed by atoms with E-state index >= 15 is 0 Å². The highest BCUT2D eigenvalue weighted by molar-refractivity contribution is 5.24. The molecule has 0 bridgehead atoms. The molecular formula is C14H26N2. The lowest BCUT2D eigenvalue weighted by molar-refractivity contribution is 0.494. The van der Waals surface area contributed by atoms with E-state index < -0.39 is 0 Å². The smallest absolute Gasteiger partial charge is 0.0237 e. The van der Waals surface area contributed by atoms with E-state index in [0.717, 1.165) is 19.5 Å². The number of nitrogens with two attached hydrogens (primary N) is 1. The summed E-state index contributed by atoms with van der Waals surface area (Å²) in [6.45, 7) is 13.1. The summed E-state index contributed by atoms with van der Waals surface area (Å²) in [5.74, 6) is 0.578. The van der Waals surface area contributed by atoms with Gasteiger partial charge in [0.1, 0.15) is 0 Å². The van der Waals surface area contributed by atoms with Crippen LogP contribution in [-0.2, 0) is 12.0 Å². The zero-order valence-corrected chi connectivity index (χ0v) is 11.4. The van der Waals surface area contributed by atoms with Gasteiger partial charge in [-0.2, -0.15) is 0 Å². The fourth-order valence-corrected chi connectivity index (χ4v) is 2.14. The SMILES string of the molecule is CC(C)c1ccc(C(C)(C)C)n1CCCN. The van der Waals surface area contributed by atoms with Crippen LogP contribution in [-0.4, -0.2) is 11.1 Å². The molecule has 0 fully saturated rings. The first-order valence-corrected chi connectivity index (χ1v) is 6.28. The predicted octanol–water partition coefficient (Wildman–Crippen LogP) is 3.26. The Balaban J connectivity index is 3.09. The van der Waals surface area contributed by atoms with Crippen LogP contribution in [0.4, 0.5) is 0 Å². The van der Waals surface area contributed by atoms with Gasteiger partial charge in [-0.3, -0.25) is 0 Å². The van der Waals surface area contributed by atoms with Gasteiger partial charge in [0.2, 0.25) is 0 Å². The van der Waals surface area contributed by atoms with Gasteiger partial charge in [0.15, 0.2) is 0 Å². The average molecular weight is 222 g/mol. The molecule has 0 aliphatic heterocycles. The molecule has 1 rings (SSSR count). The summed E-state index contributed by atoms with van der Waals surface area (Å²) >= 11 is 0. The van der Waals surface area contributed by atoms with Gasteiger partial charge in [-0.1, -0.05) is 34.6 Å². The normalized spacial score (nSPS) is 12.4. The van der Waals surface area contributed by atoms with Crippen molar-refractivity contribution < 1.29 is 0 Å². The topological polar surface area (TPSA) is 30.9 Å². The van der Waals surface area contributed by atoms with E-state index in [4.69, 9.17) is 5.73 Å². The fraction of sp³-hybridized carbons (Fsp3) is 0.714.